The molecule has 0 aliphatic heterocycles. The quantitative estimate of drug-likeness (QED) is 0.761. The molecule has 7 nitrogen and oxygen atoms in total. The highest BCUT2D eigenvalue weighted by atomic mass is 32.2. The number of amides is 2. The predicted octanol–water partition coefficient (Wildman–Crippen LogP) is 2.75. The molecule has 0 heterocycles. The number of rotatable bonds is 7. The fourth-order valence-corrected chi connectivity index (χ4v) is 3.39. The Hall–Kier alpha value is -2.87. The van der Waals surface area contributed by atoms with Crippen LogP contribution in [0.5, 0.6) is 0 Å². The summed E-state index contributed by atoms with van der Waals surface area (Å²) >= 11 is 0. The van der Waals surface area contributed by atoms with Crippen molar-refractivity contribution in [1.29, 1.82) is 0 Å². The average Bonchev–Trinajstić information content (AvgIpc) is 2.57. The Morgan fingerprint density at radius 3 is 1.96 bits per heavy atom. The number of nitrogens with one attached hydrogen (secondary N) is 2. The van der Waals surface area contributed by atoms with Crippen LogP contribution in [0.3, 0.4) is 0 Å². The molecule has 0 saturated heterocycles. The van der Waals surface area contributed by atoms with Gasteiger partial charge in [-0.3, -0.25) is 13.9 Å². The Balaban J connectivity index is 2.05. The SMILES string of the molecule is CC(=O)Nc1ccc(N(CCC(=O)Nc2ccc(C)cc2)S(C)(=O)=O)cc1. The molecule has 0 spiro atoms. The number of hydrogen-bond acceptors (Lipinski definition) is 4. The number of carbonyl (C=O) groups is 2. The van der Waals surface area contributed by atoms with Gasteiger partial charge in [0.05, 0.1) is 11.9 Å². The maximum absolute atomic E-state index is 12.2. The van der Waals surface area contributed by atoms with E-state index in [-0.39, 0.29) is 24.8 Å². The molecule has 0 aliphatic carbocycles. The van der Waals surface area contributed by atoms with E-state index in [9.17, 15) is 18.0 Å². The van der Waals surface area contributed by atoms with Gasteiger partial charge in [0, 0.05) is 31.3 Å². The Labute approximate surface area is 159 Å². The van der Waals surface area contributed by atoms with Crippen molar-refractivity contribution in [2.24, 2.45) is 0 Å². The lowest BCUT2D eigenvalue weighted by molar-refractivity contribution is -0.116. The molecule has 8 heteroatoms. The van der Waals surface area contributed by atoms with E-state index in [0.29, 0.717) is 17.1 Å². The Morgan fingerprint density at radius 1 is 0.926 bits per heavy atom. The molecular formula is C19H23N3O4S. The molecule has 0 atom stereocenters. The zero-order chi connectivity index (χ0) is 20.0. The summed E-state index contributed by atoms with van der Waals surface area (Å²) in [7, 11) is -3.56. The highest BCUT2D eigenvalue weighted by Gasteiger charge is 2.18. The van der Waals surface area contributed by atoms with Crippen LogP contribution in [0.1, 0.15) is 18.9 Å². The van der Waals surface area contributed by atoms with Gasteiger partial charge in [0.2, 0.25) is 21.8 Å². The third-order valence-corrected chi connectivity index (χ3v) is 4.95. The van der Waals surface area contributed by atoms with Crippen LogP contribution in [-0.4, -0.2) is 33.0 Å². The predicted molar refractivity (Wildman–Crippen MR) is 107 cm³/mol. The minimum Gasteiger partial charge on any atom is -0.326 e. The molecule has 27 heavy (non-hydrogen) atoms. The van der Waals surface area contributed by atoms with E-state index in [2.05, 4.69) is 10.6 Å². The van der Waals surface area contributed by atoms with Crippen molar-refractivity contribution in [3.63, 3.8) is 0 Å². The van der Waals surface area contributed by atoms with Gasteiger partial charge >= 0.3 is 0 Å². The molecule has 2 amide bonds. The maximum atomic E-state index is 12.2. The second-order valence-electron chi connectivity index (χ2n) is 6.23. The second-order valence-corrected chi connectivity index (χ2v) is 8.13. The van der Waals surface area contributed by atoms with Crippen molar-refractivity contribution in [1.82, 2.24) is 0 Å². The number of benzene rings is 2. The van der Waals surface area contributed by atoms with Gasteiger partial charge in [-0.25, -0.2) is 8.42 Å². The molecule has 0 unspecified atom stereocenters. The summed E-state index contributed by atoms with van der Waals surface area (Å²) in [6.45, 7) is 3.35. The van der Waals surface area contributed by atoms with Gasteiger partial charge in [0.1, 0.15) is 0 Å². The van der Waals surface area contributed by atoms with Crippen molar-refractivity contribution < 1.29 is 18.0 Å². The van der Waals surface area contributed by atoms with Gasteiger partial charge in [-0.2, -0.15) is 0 Å². The number of anilines is 3. The third kappa shape index (κ3) is 6.41. The first-order chi connectivity index (χ1) is 12.6. The zero-order valence-corrected chi connectivity index (χ0v) is 16.3. The lowest BCUT2D eigenvalue weighted by Crippen LogP contribution is -2.33. The molecule has 0 bridgehead atoms. The van der Waals surface area contributed by atoms with E-state index in [0.717, 1.165) is 11.8 Å². The number of carbonyl (C=O) groups excluding carboxylic acids is 2. The molecular weight excluding hydrogens is 366 g/mol. The number of nitrogens with zero attached hydrogens (tertiary/aromatic N) is 1. The fourth-order valence-electron chi connectivity index (χ4n) is 2.46. The molecule has 144 valence electrons. The van der Waals surface area contributed by atoms with E-state index in [4.69, 9.17) is 0 Å². The largest absolute Gasteiger partial charge is 0.326 e. The summed E-state index contributed by atoms with van der Waals surface area (Å²) < 4.78 is 25.4. The van der Waals surface area contributed by atoms with E-state index in [1.807, 2.05) is 19.1 Å². The standard InChI is InChI=1S/C19H23N3O4S/c1-14-4-6-17(7-5-14)21-19(24)12-13-22(27(3,25)26)18-10-8-16(9-11-18)20-15(2)23/h4-11H,12-13H2,1-3H3,(H,20,23)(H,21,24). The topological polar surface area (TPSA) is 95.6 Å². The summed E-state index contributed by atoms with van der Waals surface area (Å²) in [5, 5.41) is 5.37. The highest BCUT2D eigenvalue weighted by molar-refractivity contribution is 7.92. The Bertz CT molecular complexity index is 907. The molecule has 0 aromatic heterocycles. The number of aryl methyl sites for hydroxylation is 1. The van der Waals surface area contributed by atoms with E-state index < -0.39 is 10.0 Å². The molecule has 0 fully saturated rings. The molecule has 2 aromatic carbocycles. The highest BCUT2D eigenvalue weighted by Crippen LogP contribution is 2.21. The van der Waals surface area contributed by atoms with E-state index >= 15 is 0 Å². The van der Waals surface area contributed by atoms with Crippen molar-refractivity contribution in [3.8, 4) is 0 Å². The van der Waals surface area contributed by atoms with Crippen LogP contribution in [0.15, 0.2) is 48.5 Å². The normalized spacial score (nSPS) is 10.9. The summed E-state index contributed by atoms with van der Waals surface area (Å²) in [6.07, 6.45) is 1.10. The number of hydrogen-bond donors (Lipinski definition) is 2. The van der Waals surface area contributed by atoms with E-state index in [1.54, 1.807) is 36.4 Å². The van der Waals surface area contributed by atoms with Crippen LogP contribution in [-0.2, 0) is 19.6 Å². The summed E-state index contributed by atoms with van der Waals surface area (Å²) in [5.41, 5.74) is 2.74. The van der Waals surface area contributed by atoms with Gasteiger partial charge in [-0.1, -0.05) is 17.7 Å². The molecule has 0 saturated carbocycles. The van der Waals surface area contributed by atoms with Crippen LogP contribution < -0.4 is 14.9 Å². The fraction of sp³-hybridized carbons (Fsp3) is 0.263. The first-order valence-electron chi connectivity index (χ1n) is 8.37. The van der Waals surface area contributed by atoms with Crippen molar-refractivity contribution in [2.45, 2.75) is 20.3 Å². The first kappa shape index (κ1) is 20.4. The van der Waals surface area contributed by atoms with Crippen LogP contribution in [0, 0.1) is 6.92 Å². The van der Waals surface area contributed by atoms with Crippen LogP contribution >= 0.6 is 0 Å². The number of sulfonamides is 1. The van der Waals surface area contributed by atoms with Gasteiger partial charge in [-0.05, 0) is 43.3 Å². The summed E-state index contributed by atoms with van der Waals surface area (Å²) in [4.78, 5) is 23.2. The van der Waals surface area contributed by atoms with Crippen molar-refractivity contribution >= 4 is 38.9 Å². The second kappa shape index (κ2) is 8.68. The van der Waals surface area contributed by atoms with Crippen LogP contribution in [0.25, 0.3) is 0 Å². The van der Waals surface area contributed by atoms with Gasteiger partial charge < -0.3 is 10.6 Å². The maximum Gasteiger partial charge on any atom is 0.232 e. The molecule has 2 aromatic rings. The van der Waals surface area contributed by atoms with Crippen LogP contribution in [0.4, 0.5) is 17.1 Å². The van der Waals surface area contributed by atoms with Gasteiger partial charge in [0.15, 0.2) is 0 Å². The van der Waals surface area contributed by atoms with Gasteiger partial charge in [0.25, 0.3) is 0 Å². The molecule has 2 N–H and O–H groups in total. The monoisotopic (exact) mass is 389 g/mol. The van der Waals surface area contributed by atoms with Gasteiger partial charge in [-0.15, -0.1) is 0 Å². The Morgan fingerprint density at radius 2 is 1.44 bits per heavy atom. The van der Waals surface area contributed by atoms with E-state index in [1.165, 1.54) is 11.2 Å². The zero-order valence-electron chi connectivity index (χ0n) is 15.5. The lowest BCUT2D eigenvalue weighted by Gasteiger charge is -2.22. The summed E-state index contributed by atoms with van der Waals surface area (Å²) in [5.74, 6) is -0.488. The molecule has 2 rings (SSSR count). The first-order valence-corrected chi connectivity index (χ1v) is 10.2. The smallest absolute Gasteiger partial charge is 0.232 e. The minimum absolute atomic E-state index is 0.00833. The van der Waals surface area contributed by atoms with Crippen molar-refractivity contribution in [2.75, 3.05) is 27.7 Å². The van der Waals surface area contributed by atoms with Crippen LogP contribution in [0.2, 0.25) is 0 Å². The third-order valence-electron chi connectivity index (χ3n) is 3.75. The molecule has 0 aliphatic rings. The lowest BCUT2D eigenvalue weighted by atomic mass is 10.2. The summed E-state index contributed by atoms with van der Waals surface area (Å²) in [6, 6.07) is 13.8. The minimum atomic E-state index is -3.56. The van der Waals surface area contributed by atoms with Crippen molar-refractivity contribution in [3.05, 3.63) is 54.1 Å². The Kier molecular flexibility index (Phi) is 6.57. The average molecular weight is 389 g/mol. The molecule has 0 radical (unpaired) electrons.